The van der Waals surface area contributed by atoms with Crippen molar-refractivity contribution in [2.45, 2.75) is 6.61 Å². The number of halogens is 2. The number of nitrogen functional groups attached to an aromatic ring is 1. The largest absolute Gasteiger partial charge is 0.488 e. The van der Waals surface area contributed by atoms with Gasteiger partial charge in [-0.3, -0.25) is 9.78 Å². The molecule has 0 bridgehead atoms. The maximum atomic E-state index is 14.6. The highest BCUT2D eigenvalue weighted by Crippen LogP contribution is 2.40. The Kier molecular flexibility index (Phi) is 5.57. The van der Waals surface area contributed by atoms with E-state index >= 15 is 0 Å². The molecule has 31 heavy (non-hydrogen) atoms. The molecule has 7 nitrogen and oxygen atoms in total. The molecule has 0 aliphatic carbocycles. The number of nitrogens with zero attached hydrogens (tertiary/aromatic N) is 2. The van der Waals surface area contributed by atoms with Crippen LogP contribution in [0.4, 0.5) is 20.3 Å². The van der Waals surface area contributed by atoms with E-state index in [4.69, 9.17) is 10.5 Å². The SMILES string of the molecule is Nc1cc(-c2cnccc2OCc2cc[nH]c2)c(-c2c(F)cccc2F)nc1NC=O. The van der Waals surface area contributed by atoms with Crippen LogP contribution in [0, 0.1) is 11.6 Å². The van der Waals surface area contributed by atoms with Crippen molar-refractivity contribution in [2.75, 3.05) is 11.1 Å². The molecule has 0 radical (unpaired) electrons. The Bertz CT molecular complexity index is 1210. The van der Waals surface area contributed by atoms with Crippen LogP contribution in [0.2, 0.25) is 0 Å². The lowest BCUT2D eigenvalue weighted by Crippen LogP contribution is -2.06. The van der Waals surface area contributed by atoms with Crippen molar-refractivity contribution in [3.05, 3.63) is 78.4 Å². The molecule has 3 aromatic heterocycles. The molecule has 1 amide bonds. The molecule has 0 spiro atoms. The number of nitrogens with one attached hydrogen (secondary N) is 2. The molecule has 0 saturated carbocycles. The van der Waals surface area contributed by atoms with Gasteiger partial charge < -0.3 is 20.8 Å². The van der Waals surface area contributed by atoms with Crippen molar-refractivity contribution in [2.24, 2.45) is 0 Å². The van der Waals surface area contributed by atoms with E-state index in [0.717, 1.165) is 17.7 Å². The maximum Gasteiger partial charge on any atom is 0.212 e. The van der Waals surface area contributed by atoms with Gasteiger partial charge in [0.25, 0.3) is 0 Å². The molecule has 0 saturated heterocycles. The predicted molar refractivity (Wildman–Crippen MR) is 112 cm³/mol. The van der Waals surface area contributed by atoms with E-state index in [9.17, 15) is 13.6 Å². The number of nitrogens with two attached hydrogens (primary N) is 1. The number of pyridine rings is 2. The highest BCUT2D eigenvalue weighted by molar-refractivity contribution is 5.90. The number of aromatic amines is 1. The third-order valence-corrected chi connectivity index (χ3v) is 4.58. The van der Waals surface area contributed by atoms with Crippen molar-refractivity contribution in [3.8, 4) is 28.1 Å². The summed E-state index contributed by atoms with van der Waals surface area (Å²) in [6, 6.07) is 8.47. The number of H-pyrrole nitrogens is 1. The van der Waals surface area contributed by atoms with Gasteiger partial charge in [-0.2, -0.15) is 0 Å². The van der Waals surface area contributed by atoms with Crippen LogP contribution in [0.5, 0.6) is 5.75 Å². The highest BCUT2D eigenvalue weighted by atomic mass is 19.1. The van der Waals surface area contributed by atoms with Gasteiger partial charge in [-0.1, -0.05) is 6.07 Å². The first-order valence-electron chi connectivity index (χ1n) is 9.22. The first-order chi connectivity index (χ1) is 15.1. The molecular formula is C22H17F2N5O2. The second-order valence-corrected chi connectivity index (χ2v) is 6.56. The van der Waals surface area contributed by atoms with Crippen LogP contribution in [-0.4, -0.2) is 21.4 Å². The Morgan fingerprint density at radius 3 is 2.68 bits per heavy atom. The van der Waals surface area contributed by atoms with E-state index in [-0.39, 0.29) is 29.4 Å². The zero-order valence-corrected chi connectivity index (χ0v) is 16.1. The van der Waals surface area contributed by atoms with Gasteiger partial charge in [-0.25, -0.2) is 13.8 Å². The lowest BCUT2D eigenvalue weighted by molar-refractivity contribution is -0.105. The number of carbonyl (C=O) groups excluding carboxylic acids is 1. The normalized spacial score (nSPS) is 10.6. The number of ether oxygens (including phenoxy) is 1. The van der Waals surface area contributed by atoms with Crippen LogP contribution >= 0.6 is 0 Å². The van der Waals surface area contributed by atoms with Gasteiger partial charge in [0.1, 0.15) is 24.0 Å². The fourth-order valence-corrected chi connectivity index (χ4v) is 3.14. The molecule has 0 atom stereocenters. The summed E-state index contributed by atoms with van der Waals surface area (Å²) in [6.07, 6.45) is 6.99. The predicted octanol–water partition coefficient (Wildman–Crippen LogP) is 4.15. The maximum absolute atomic E-state index is 14.6. The van der Waals surface area contributed by atoms with E-state index in [1.165, 1.54) is 18.3 Å². The number of hydrogen-bond acceptors (Lipinski definition) is 5. The Balaban J connectivity index is 1.89. The average Bonchev–Trinajstić information content (AvgIpc) is 3.28. The summed E-state index contributed by atoms with van der Waals surface area (Å²) in [6.45, 7) is 0.262. The fourth-order valence-electron chi connectivity index (χ4n) is 3.14. The summed E-state index contributed by atoms with van der Waals surface area (Å²) in [5.74, 6) is -1.22. The number of aromatic nitrogens is 3. The number of carbonyl (C=O) groups is 1. The third kappa shape index (κ3) is 4.06. The molecular weight excluding hydrogens is 404 g/mol. The van der Waals surface area contributed by atoms with Crippen LogP contribution in [0.25, 0.3) is 22.4 Å². The van der Waals surface area contributed by atoms with E-state index < -0.39 is 11.6 Å². The Morgan fingerprint density at radius 2 is 1.97 bits per heavy atom. The van der Waals surface area contributed by atoms with Crippen molar-refractivity contribution in [3.63, 3.8) is 0 Å². The molecule has 4 aromatic rings. The van der Waals surface area contributed by atoms with E-state index in [1.54, 1.807) is 24.7 Å². The first kappa shape index (κ1) is 20.0. The van der Waals surface area contributed by atoms with Crippen LogP contribution in [-0.2, 0) is 11.4 Å². The molecule has 156 valence electrons. The molecule has 1 aromatic carbocycles. The molecule has 0 aliphatic heterocycles. The van der Waals surface area contributed by atoms with Crippen molar-refractivity contribution >= 4 is 17.9 Å². The van der Waals surface area contributed by atoms with Crippen molar-refractivity contribution < 1.29 is 18.3 Å². The Labute approximate surface area is 175 Å². The lowest BCUT2D eigenvalue weighted by Gasteiger charge is -2.17. The summed E-state index contributed by atoms with van der Waals surface area (Å²) in [4.78, 5) is 22.2. The lowest BCUT2D eigenvalue weighted by atomic mass is 9.98. The van der Waals surface area contributed by atoms with Gasteiger partial charge >= 0.3 is 0 Å². The van der Waals surface area contributed by atoms with Crippen LogP contribution < -0.4 is 15.8 Å². The van der Waals surface area contributed by atoms with Gasteiger partial charge in [0.05, 0.1) is 16.9 Å². The monoisotopic (exact) mass is 421 g/mol. The van der Waals surface area contributed by atoms with Crippen molar-refractivity contribution in [1.29, 1.82) is 0 Å². The van der Waals surface area contributed by atoms with Crippen molar-refractivity contribution in [1.82, 2.24) is 15.0 Å². The molecule has 4 rings (SSSR count). The zero-order chi connectivity index (χ0) is 21.8. The van der Waals surface area contributed by atoms with Gasteiger partial charge in [0.15, 0.2) is 5.82 Å². The second-order valence-electron chi connectivity index (χ2n) is 6.56. The number of anilines is 2. The van der Waals surface area contributed by atoms with Crippen LogP contribution in [0.1, 0.15) is 5.56 Å². The topological polar surface area (TPSA) is 106 Å². The summed E-state index contributed by atoms with van der Waals surface area (Å²) >= 11 is 0. The smallest absolute Gasteiger partial charge is 0.212 e. The average molecular weight is 421 g/mol. The van der Waals surface area contributed by atoms with E-state index in [2.05, 4.69) is 20.3 Å². The quantitative estimate of drug-likeness (QED) is 0.389. The summed E-state index contributed by atoms with van der Waals surface area (Å²) in [7, 11) is 0. The van der Waals surface area contributed by atoms with Gasteiger partial charge in [0.2, 0.25) is 6.41 Å². The standard InChI is InChI=1S/C22H17F2N5O2/c23-16-2-1-3-17(24)20(16)21-14(8-18(25)22(29-21)28-12-30)15-10-27-7-5-19(15)31-11-13-4-6-26-9-13/h1-10,12,26H,11,25H2,(H,28,29,30). The summed E-state index contributed by atoms with van der Waals surface area (Å²) in [5.41, 5.74) is 7.39. The number of amides is 1. The second kappa shape index (κ2) is 8.62. The third-order valence-electron chi connectivity index (χ3n) is 4.58. The Hall–Kier alpha value is -4.27. The van der Waals surface area contributed by atoms with Gasteiger partial charge in [-0.15, -0.1) is 0 Å². The molecule has 3 heterocycles. The Morgan fingerprint density at radius 1 is 1.16 bits per heavy atom. The van der Waals surface area contributed by atoms with Crippen LogP contribution in [0.3, 0.4) is 0 Å². The van der Waals surface area contributed by atoms with E-state index in [0.29, 0.717) is 23.3 Å². The van der Waals surface area contributed by atoms with Gasteiger partial charge in [-0.05, 0) is 30.3 Å². The summed E-state index contributed by atoms with van der Waals surface area (Å²) in [5, 5.41) is 2.35. The fraction of sp³-hybridized carbons (Fsp3) is 0.0455. The first-order valence-corrected chi connectivity index (χ1v) is 9.22. The number of hydrogen-bond donors (Lipinski definition) is 3. The van der Waals surface area contributed by atoms with E-state index in [1.807, 2.05) is 6.07 Å². The number of benzene rings is 1. The molecule has 4 N–H and O–H groups in total. The van der Waals surface area contributed by atoms with Gasteiger partial charge in [0, 0.05) is 41.5 Å². The molecule has 9 heteroatoms. The molecule has 0 unspecified atom stereocenters. The number of rotatable bonds is 7. The van der Waals surface area contributed by atoms with Crippen LogP contribution in [0.15, 0.2) is 61.2 Å². The molecule has 0 aliphatic rings. The minimum atomic E-state index is -0.811. The highest BCUT2D eigenvalue weighted by Gasteiger charge is 2.22. The zero-order valence-electron chi connectivity index (χ0n) is 16.1. The minimum Gasteiger partial charge on any atom is -0.488 e. The molecule has 0 fully saturated rings. The summed E-state index contributed by atoms with van der Waals surface area (Å²) < 4.78 is 35.2. The minimum absolute atomic E-state index is 0.0184.